The molecule has 0 unspecified atom stereocenters. The van der Waals surface area contributed by atoms with Crippen molar-refractivity contribution in [2.75, 3.05) is 6.54 Å². The molecule has 0 aliphatic rings. The summed E-state index contributed by atoms with van der Waals surface area (Å²) in [5, 5.41) is 15.1. The van der Waals surface area contributed by atoms with Crippen molar-refractivity contribution in [1.82, 2.24) is 25.3 Å². The van der Waals surface area contributed by atoms with Crippen molar-refractivity contribution in [3.8, 4) is 11.3 Å². The van der Waals surface area contributed by atoms with Crippen LogP contribution in [0.15, 0.2) is 30.3 Å². The number of rotatable bonds is 6. The number of hydrogen-bond donors (Lipinski definition) is 2. The molecule has 0 bridgehead atoms. The second-order valence-electron chi connectivity index (χ2n) is 6.06. The van der Waals surface area contributed by atoms with E-state index >= 15 is 0 Å². The number of carbonyl (C=O) groups is 1. The number of H-pyrrole nitrogens is 1. The summed E-state index contributed by atoms with van der Waals surface area (Å²) in [6.07, 6.45) is 0.793. The number of benzene rings is 1. The van der Waals surface area contributed by atoms with E-state index in [1.54, 1.807) is 24.3 Å². The predicted octanol–water partition coefficient (Wildman–Crippen LogP) is 4.02. The molecule has 3 rings (SSSR count). The Hall–Kier alpha value is -2.31. The molecule has 8 heteroatoms. The number of nitrogens with zero attached hydrogens (tertiary/aromatic N) is 3. The van der Waals surface area contributed by atoms with Crippen LogP contribution in [0.2, 0.25) is 10.0 Å². The minimum atomic E-state index is -0.197. The fraction of sp³-hybridized carbons (Fsp3) is 0.278. The third kappa shape index (κ3) is 4.26. The first kappa shape index (κ1) is 18.5. The first-order valence-electron chi connectivity index (χ1n) is 8.24. The van der Waals surface area contributed by atoms with E-state index < -0.39 is 0 Å². The third-order valence-corrected chi connectivity index (χ3v) is 4.71. The quantitative estimate of drug-likeness (QED) is 0.623. The fourth-order valence-electron chi connectivity index (χ4n) is 2.67. The van der Waals surface area contributed by atoms with E-state index in [1.165, 1.54) is 0 Å². The van der Waals surface area contributed by atoms with Crippen LogP contribution in [0.1, 0.15) is 28.3 Å². The van der Waals surface area contributed by atoms with E-state index in [0.29, 0.717) is 28.0 Å². The van der Waals surface area contributed by atoms with Crippen LogP contribution in [0.25, 0.3) is 11.3 Å². The molecule has 2 N–H and O–H groups in total. The van der Waals surface area contributed by atoms with Crippen molar-refractivity contribution in [2.24, 2.45) is 0 Å². The number of amides is 1. The average molecular weight is 392 g/mol. The minimum absolute atomic E-state index is 0.197. The Bertz CT molecular complexity index is 932. The lowest BCUT2D eigenvalue weighted by molar-refractivity contribution is 0.0947. The highest BCUT2D eigenvalue weighted by atomic mass is 35.5. The molecule has 2 aromatic heterocycles. The molecule has 3 aromatic rings. The molecule has 0 atom stereocenters. The Morgan fingerprint density at radius 3 is 2.69 bits per heavy atom. The first-order valence-corrected chi connectivity index (χ1v) is 8.99. The summed E-state index contributed by atoms with van der Waals surface area (Å²) in [5.74, 6) is -0.197. The van der Waals surface area contributed by atoms with E-state index in [0.717, 1.165) is 29.9 Å². The Morgan fingerprint density at radius 1 is 1.19 bits per heavy atom. The highest BCUT2D eigenvalue weighted by molar-refractivity contribution is 6.42. The van der Waals surface area contributed by atoms with E-state index in [4.69, 9.17) is 23.2 Å². The third-order valence-electron chi connectivity index (χ3n) is 3.97. The number of hydrogen-bond acceptors (Lipinski definition) is 3. The van der Waals surface area contributed by atoms with Gasteiger partial charge in [0.25, 0.3) is 5.91 Å². The van der Waals surface area contributed by atoms with E-state index in [9.17, 15) is 4.79 Å². The predicted molar refractivity (Wildman–Crippen MR) is 103 cm³/mol. The fourth-order valence-corrected chi connectivity index (χ4v) is 2.97. The Labute approximate surface area is 161 Å². The van der Waals surface area contributed by atoms with Crippen molar-refractivity contribution >= 4 is 29.1 Å². The molecule has 6 nitrogen and oxygen atoms in total. The number of carbonyl (C=O) groups excluding carboxylic acids is 1. The van der Waals surface area contributed by atoms with Gasteiger partial charge in [0, 0.05) is 24.3 Å². The SMILES string of the molecule is Cc1cc(C)n(CCCNC(=O)c2cc(-c3ccc(Cl)c(Cl)c3)n[nH]2)n1. The summed E-state index contributed by atoms with van der Waals surface area (Å²) in [6.45, 7) is 5.30. The zero-order chi connectivity index (χ0) is 18.7. The number of aryl methyl sites for hydroxylation is 3. The molecule has 2 heterocycles. The van der Waals surface area contributed by atoms with Gasteiger partial charge in [-0.1, -0.05) is 29.3 Å². The summed E-state index contributed by atoms with van der Waals surface area (Å²) < 4.78 is 1.94. The number of aromatic amines is 1. The number of halogens is 2. The van der Waals surface area contributed by atoms with Gasteiger partial charge in [0.05, 0.1) is 21.4 Å². The number of aromatic nitrogens is 4. The molecule has 0 spiro atoms. The van der Waals surface area contributed by atoms with Gasteiger partial charge in [0.2, 0.25) is 0 Å². The molecule has 26 heavy (non-hydrogen) atoms. The minimum Gasteiger partial charge on any atom is -0.351 e. The molecular weight excluding hydrogens is 373 g/mol. The van der Waals surface area contributed by atoms with Crippen LogP contribution >= 0.6 is 23.2 Å². The van der Waals surface area contributed by atoms with Gasteiger partial charge in [0.1, 0.15) is 5.69 Å². The van der Waals surface area contributed by atoms with Gasteiger partial charge in [0.15, 0.2) is 0 Å². The molecule has 0 aliphatic carbocycles. The van der Waals surface area contributed by atoms with Gasteiger partial charge in [-0.05, 0) is 44.5 Å². The molecule has 136 valence electrons. The Balaban J connectivity index is 1.54. The topological polar surface area (TPSA) is 75.6 Å². The van der Waals surface area contributed by atoms with Crippen LogP contribution in [0.4, 0.5) is 0 Å². The van der Waals surface area contributed by atoms with Crippen LogP contribution in [-0.4, -0.2) is 32.4 Å². The van der Waals surface area contributed by atoms with Gasteiger partial charge < -0.3 is 5.32 Å². The molecule has 0 saturated carbocycles. The van der Waals surface area contributed by atoms with E-state index in [1.807, 2.05) is 24.6 Å². The second kappa shape index (κ2) is 7.93. The molecule has 0 saturated heterocycles. The number of nitrogens with one attached hydrogen (secondary N) is 2. The van der Waals surface area contributed by atoms with Gasteiger partial charge in [-0.15, -0.1) is 0 Å². The van der Waals surface area contributed by atoms with Gasteiger partial charge >= 0.3 is 0 Å². The zero-order valence-electron chi connectivity index (χ0n) is 14.5. The Morgan fingerprint density at radius 2 is 2.00 bits per heavy atom. The van der Waals surface area contributed by atoms with Gasteiger partial charge in [-0.2, -0.15) is 10.2 Å². The smallest absolute Gasteiger partial charge is 0.269 e. The van der Waals surface area contributed by atoms with Crippen LogP contribution in [-0.2, 0) is 6.54 Å². The maximum atomic E-state index is 12.2. The summed E-state index contributed by atoms with van der Waals surface area (Å²) in [7, 11) is 0. The maximum Gasteiger partial charge on any atom is 0.269 e. The monoisotopic (exact) mass is 391 g/mol. The van der Waals surface area contributed by atoms with Crippen LogP contribution in [0, 0.1) is 13.8 Å². The highest BCUT2D eigenvalue weighted by Crippen LogP contribution is 2.27. The standard InChI is InChI=1S/C18H19Cl2N5O/c1-11-8-12(2)25(24-11)7-3-6-21-18(26)17-10-16(22-23-17)13-4-5-14(19)15(20)9-13/h4-5,8-10H,3,6-7H2,1-2H3,(H,21,26)(H,22,23). The summed E-state index contributed by atoms with van der Waals surface area (Å²) in [6, 6.07) is 8.95. The van der Waals surface area contributed by atoms with Crippen LogP contribution < -0.4 is 5.32 Å². The average Bonchev–Trinajstić information content (AvgIpc) is 3.21. The van der Waals surface area contributed by atoms with Gasteiger partial charge in [-0.3, -0.25) is 14.6 Å². The molecular formula is C18H19Cl2N5O. The van der Waals surface area contributed by atoms with Crippen molar-refractivity contribution in [3.63, 3.8) is 0 Å². The van der Waals surface area contributed by atoms with Crippen molar-refractivity contribution in [2.45, 2.75) is 26.8 Å². The lowest BCUT2D eigenvalue weighted by Crippen LogP contribution is -2.25. The second-order valence-corrected chi connectivity index (χ2v) is 6.87. The van der Waals surface area contributed by atoms with Crippen molar-refractivity contribution in [1.29, 1.82) is 0 Å². The normalized spacial score (nSPS) is 10.9. The molecule has 0 aliphatic heterocycles. The lowest BCUT2D eigenvalue weighted by atomic mass is 10.1. The van der Waals surface area contributed by atoms with E-state index in [2.05, 4.69) is 20.6 Å². The molecule has 1 amide bonds. The zero-order valence-corrected chi connectivity index (χ0v) is 16.0. The largest absolute Gasteiger partial charge is 0.351 e. The lowest BCUT2D eigenvalue weighted by Gasteiger charge is -2.05. The summed E-state index contributed by atoms with van der Waals surface area (Å²) >= 11 is 11.9. The highest BCUT2D eigenvalue weighted by Gasteiger charge is 2.11. The molecule has 1 aromatic carbocycles. The van der Waals surface area contributed by atoms with E-state index in [-0.39, 0.29) is 5.91 Å². The molecule has 0 fully saturated rings. The maximum absolute atomic E-state index is 12.2. The van der Waals surface area contributed by atoms with Crippen LogP contribution in [0.5, 0.6) is 0 Å². The Kier molecular flexibility index (Phi) is 5.64. The van der Waals surface area contributed by atoms with Crippen molar-refractivity contribution in [3.05, 3.63) is 57.5 Å². The van der Waals surface area contributed by atoms with Crippen molar-refractivity contribution < 1.29 is 4.79 Å². The first-order chi connectivity index (χ1) is 12.4. The summed E-state index contributed by atoms with van der Waals surface area (Å²) in [4.78, 5) is 12.2. The van der Waals surface area contributed by atoms with Crippen LogP contribution in [0.3, 0.4) is 0 Å². The summed E-state index contributed by atoms with van der Waals surface area (Å²) in [5.41, 5.74) is 3.94. The van der Waals surface area contributed by atoms with Gasteiger partial charge in [-0.25, -0.2) is 0 Å². The molecule has 0 radical (unpaired) electrons.